The van der Waals surface area contributed by atoms with Gasteiger partial charge in [-0.2, -0.15) is 0 Å². The Balaban J connectivity index is 0.000000612. The van der Waals surface area contributed by atoms with E-state index in [0.29, 0.717) is 5.75 Å². The predicted octanol–water partition coefficient (Wildman–Crippen LogP) is 7.61. The second-order valence-corrected chi connectivity index (χ2v) is 8.34. The number of carbonyl (C=O) groups is 1. The molecule has 0 unspecified atom stereocenters. The van der Waals surface area contributed by atoms with E-state index in [0.717, 1.165) is 36.5 Å². The van der Waals surface area contributed by atoms with Crippen molar-refractivity contribution in [2.24, 2.45) is 10.9 Å². The summed E-state index contributed by atoms with van der Waals surface area (Å²) >= 11 is 0. The van der Waals surface area contributed by atoms with Crippen LogP contribution in [0.3, 0.4) is 0 Å². The molecular weight excluding hydrogens is 660 g/mol. The minimum absolute atomic E-state index is 0. The fraction of sp³-hybridized carbons (Fsp3) is 0.188. The number of aldehydes is 1. The molecule has 0 radical (unpaired) electrons. The van der Waals surface area contributed by atoms with E-state index >= 15 is 0 Å². The largest absolute Gasteiger partial charge is 0.497 e. The van der Waals surface area contributed by atoms with E-state index in [1.54, 1.807) is 0 Å². The summed E-state index contributed by atoms with van der Waals surface area (Å²) in [5, 5.41) is 10.8. The van der Waals surface area contributed by atoms with Gasteiger partial charge in [-0.1, -0.05) is 12.6 Å². The zero-order valence-corrected chi connectivity index (χ0v) is 25.1. The topological polar surface area (TPSA) is 113 Å². The van der Waals surface area contributed by atoms with Crippen LogP contribution < -0.4 is 24.7 Å². The lowest BCUT2D eigenvalue weighted by Crippen LogP contribution is -2.04. The van der Waals surface area contributed by atoms with Crippen molar-refractivity contribution in [2.45, 2.75) is 14.0 Å². The smallest absolute Gasteiger partial charge is 0.173 e. The van der Waals surface area contributed by atoms with Gasteiger partial charge in [0.15, 0.2) is 52.8 Å². The Kier molecular flexibility index (Phi) is 19.0. The second-order valence-electron chi connectivity index (χ2n) is 8.34. The minimum atomic E-state index is -1.18. The maximum atomic E-state index is 13.0. The van der Waals surface area contributed by atoms with E-state index in [4.69, 9.17) is 20.4 Å². The van der Waals surface area contributed by atoms with Gasteiger partial charge < -0.3 is 29.9 Å². The number of methoxy groups -OCH3 is 4. The van der Waals surface area contributed by atoms with Gasteiger partial charge in [-0.3, -0.25) is 4.79 Å². The zero-order valence-electron chi connectivity index (χ0n) is 25.1. The van der Waals surface area contributed by atoms with E-state index in [1.165, 1.54) is 52.7 Å². The maximum absolute atomic E-state index is 13.0. The van der Waals surface area contributed by atoms with E-state index in [9.17, 15) is 39.9 Å². The van der Waals surface area contributed by atoms with Gasteiger partial charge >= 0.3 is 0 Å². The molecule has 0 atom stereocenters. The molecule has 0 heterocycles. The molecule has 262 valence electrons. The lowest BCUT2D eigenvalue weighted by atomic mass is 10.2. The molecule has 4 aromatic rings. The first kappa shape index (κ1) is 42.6. The number of nitrogens with two attached hydrogens (primary N) is 1. The number of halogens is 8. The lowest BCUT2D eigenvalue weighted by Gasteiger charge is -2.07. The van der Waals surface area contributed by atoms with Crippen molar-refractivity contribution in [1.82, 2.24) is 0 Å². The van der Waals surface area contributed by atoms with Gasteiger partial charge in [-0.15, -0.1) is 0 Å². The number of rotatable bonds is 7. The molecule has 0 bridgehead atoms. The van der Waals surface area contributed by atoms with E-state index in [2.05, 4.69) is 14.6 Å². The van der Waals surface area contributed by atoms with Crippen LogP contribution in [-0.4, -0.2) is 46.1 Å². The van der Waals surface area contributed by atoms with Gasteiger partial charge in [0, 0.05) is 18.2 Å². The summed E-state index contributed by atoms with van der Waals surface area (Å²) in [6.07, 6.45) is 0.995. The first-order valence-electron chi connectivity index (χ1n) is 12.7. The SMILES string of the molecule is C.COc1ccc(F)c(F)c1.COc1ccc(F)c(F)c1/C=N/O.COc1ccc(F)c(F)c1C=O.COc1ccc(F)c(F)c1CN. The first-order chi connectivity index (χ1) is 22.3. The molecule has 48 heavy (non-hydrogen) atoms. The Hall–Kier alpha value is -5.38. The molecule has 3 N–H and O–H groups in total. The minimum Gasteiger partial charge on any atom is -0.497 e. The Labute approximate surface area is 270 Å². The third-order valence-corrected chi connectivity index (χ3v) is 5.63. The van der Waals surface area contributed by atoms with Crippen LogP contribution >= 0.6 is 0 Å². The molecule has 0 aliphatic rings. The summed E-state index contributed by atoms with van der Waals surface area (Å²) in [5.74, 6) is -7.21. The second kappa shape index (κ2) is 21.4. The molecule has 0 saturated heterocycles. The molecule has 0 aliphatic carbocycles. The molecule has 4 rings (SSSR count). The summed E-state index contributed by atoms with van der Waals surface area (Å²) in [7, 11) is 5.36. The Bertz CT molecular complexity index is 1660. The Morgan fingerprint density at radius 2 is 1.06 bits per heavy atom. The van der Waals surface area contributed by atoms with Crippen molar-refractivity contribution in [3.05, 3.63) is 118 Å². The van der Waals surface area contributed by atoms with Crippen LogP contribution in [0.4, 0.5) is 35.1 Å². The normalized spacial score (nSPS) is 9.77. The number of oxime groups is 1. The summed E-state index contributed by atoms with van der Waals surface area (Å²) in [4.78, 5) is 10.3. The molecule has 16 heteroatoms. The van der Waals surface area contributed by atoms with Crippen LogP contribution in [0.1, 0.15) is 28.9 Å². The first-order valence-corrected chi connectivity index (χ1v) is 12.7. The van der Waals surface area contributed by atoms with Crippen LogP contribution in [0.5, 0.6) is 23.0 Å². The maximum Gasteiger partial charge on any atom is 0.173 e. The molecule has 0 amide bonds. The quantitative estimate of drug-likeness (QED) is 0.0674. The third kappa shape index (κ3) is 11.8. The highest BCUT2D eigenvalue weighted by atomic mass is 19.2. The molecular formula is C32H32F8N2O6. The molecule has 0 spiro atoms. The zero-order chi connectivity index (χ0) is 35.7. The van der Waals surface area contributed by atoms with E-state index in [1.807, 2.05) is 0 Å². The van der Waals surface area contributed by atoms with E-state index < -0.39 is 52.1 Å². The van der Waals surface area contributed by atoms with Crippen LogP contribution in [-0.2, 0) is 6.54 Å². The number of hydrogen-bond donors (Lipinski definition) is 2. The van der Waals surface area contributed by atoms with Gasteiger partial charge in [0.25, 0.3) is 0 Å². The highest BCUT2D eigenvalue weighted by Crippen LogP contribution is 2.24. The van der Waals surface area contributed by atoms with Crippen molar-refractivity contribution in [1.29, 1.82) is 0 Å². The van der Waals surface area contributed by atoms with Gasteiger partial charge in [-0.25, -0.2) is 35.1 Å². The number of carbonyl (C=O) groups excluding carboxylic acids is 1. The Morgan fingerprint density at radius 1 is 0.625 bits per heavy atom. The highest BCUT2D eigenvalue weighted by molar-refractivity contribution is 5.83. The fourth-order valence-corrected chi connectivity index (χ4v) is 3.30. The number of hydrogen-bond acceptors (Lipinski definition) is 8. The van der Waals surface area contributed by atoms with Crippen molar-refractivity contribution < 1.29 is 64.1 Å². The lowest BCUT2D eigenvalue weighted by molar-refractivity contribution is 0.111. The van der Waals surface area contributed by atoms with E-state index in [-0.39, 0.29) is 48.6 Å². The van der Waals surface area contributed by atoms with Gasteiger partial charge in [0.1, 0.15) is 23.0 Å². The molecule has 0 saturated carbocycles. The fourth-order valence-electron chi connectivity index (χ4n) is 3.30. The summed E-state index contributed by atoms with van der Waals surface area (Å²) in [6.45, 7) is -0.0766. The van der Waals surface area contributed by atoms with Gasteiger partial charge in [-0.05, 0) is 48.5 Å². The number of nitrogens with zero attached hydrogens (tertiary/aromatic N) is 1. The van der Waals surface area contributed by atoms with Crippen molar-refractivity contribution in [3.63, 3.8) is 0 Å². The Morgan fingerprint density at radius 3 is 1.48 bits per heavy atom. The van der Waals surface area contributed by atoms with Crippen molar-refractivity contribution >= 4 is 12.5 Å². The summed E-state index contributed by atoms with van der Waals surface area (Å²) < 4.78 is 120. The van der Waals surface area contributed by atoms with Gasteiger partial charge in [0.05, 0.1) is 45.8 Å². The monoisotopic (exact) mass is 692 g/mol. The molecule has 0 fully saturated rings. The predicted molar refractivity (Wildman–Crippen MR) is 161 cm³/mol. The average molecular weight is 693 g/mol. The summed E-state index contributed by atoms with van der Waals surface area (Å²) in [5.41, 5.74) is 4.67. The van der Waals surface area contributed by atoms with Crippen LogP contribution in [0.15, 0.2) is 59.8 Å². The summed E-state index contributed by atoms with van der Waals surface area (Å²) in [6, 6.07) is 10.0. The molecule has 4 aromatic carbocycles. The molecule has 0 aliphatic heterocycles. The average Bonchev–Trinajstić information content (AvgIpc) is 3.08. The van der Waals surface area contributed by atoms with Crippen LogP contribution in [0.25, 0.3) is 0 Å². The highest BCUT2D eigenvalue weighted by Gasteiger charge is 2.14. The number of ether oxygens (including phenoxy) is 4. The van der Waals surface area contributed by atoms with Crippen molar-refractivity contribution in [2.75, 3.05) is 28.4 Å². The van der Waals surface area contributed by atoms with Crippen LogP contribution in [0.2, 0.25) is 0 Å². The standard InChI is InChI=1S/C8H7F2NO2.C8H9F2NO.C8H6F2O2.C7H6F2O.CH4/c1-13-7-3-2-6(9)8(10)5(7)4-11-12;2*1-12-7-3-2-6(9)8(10)5(7)4-11;1-10-5-2-3-6(8)7(9)4-5;/h2-4,12H,1H3;2-3H,4,11H2,1H3;2-4H,1H3;2-4H,1H3;1H4/b11-4+;;;;. The van der Waals surface area contributed by atoms with Crippen molar-refractivity contribution in [3.8, 4) is 23.0 Å². The molecule has 8 nitrogen and oxygen atoms in total. The van der Waals surface area contributed by atoms with Gasteiger partial charge in [0.2, 0.25) is 0 Å². The number of benzene rings is 4. The third-order valence-electron chi connectivity index (χ3n) is 5.63. The van der Waals surface area contributed by atoms with Crippen LogP contribution in [0, 0.1) is 46.5 Å². The molecule has 0 aromatic heterocycles.